The molecule has 0 amide bonds. The monoisotopic (exact) mass is 416 g/mol. The molecule has 0 fully saturated rings. The molecule has 5 nitrogen and oxygen atoms in total. The normalized spacial score (nSPS) is 14.7. The number of aromatic nitrogens is 1. The van der Waals surface area contributed by atoms with Gasteiger partial charge in [-0.15, -0.1) is 0 Å². The van der Waals surface area contributed by atoms with Crippen molar-refractivity contribution in [3.8, 4) is 0 Å². The number of anilines is 1. The molecule has 0 aliphatic heterocycles. The van der Waals surface area contributed by atoms with E-state index in [4.69, 9.17) is 4.74 Å². The number of Topliss-reactive ketones (excluding diaryl/α,β-unsaturated/α-hetero) is 1. The molecule has 0 unspecified atom stereocenters. The maximum Gasteiger partial charge on any atom is 0.418 e. The molecule has 0 spiro atoms. The van der Waals surface area contributed by atoms with E-state index in [1.54, 1.807) is 6.20 Å². The minimum atomic E-state index is -0.551. The van der Waals surface area contributed by atoms with Gasteiger partial charge in [-0.3, -0.25) is 9.36 Å². The Bertz CT molecular complexity index is 1150. The number of ether oxygens (including phenoxy) is 1. The first-order valence-electron chi connectivity index (χ1n) is 10.7. The Morgan fingerprint density at radius 2 is 1.84 bits per heavy atom. The fourth-order valence-electron chi connectivity index (χ4n) is 3.90. The van der Waals surface area contributed by atoms with Crippen LogP contribution in [-0.4, -0.2) is 22.0 Å². The lowest BCUT2D eigenvalue weighted by molar-refractivity contribution is -0.116. The van der Waals surface area contributed by atoms with Crippen molar-refractivity contribution in [1.29, 1.82) is 0 Å². The van der Waals surface area contributed by atoms with E-state index in [0.29, 0.717) is 12.8 Å². The fourth-order valence-corrected chi connectivity index (χ4v) is 3.90. The first-order chi connectivity index (χ1) is 14.8. The molecular weight excluding hydrogens is 388 g/mol. The molecule has 1 aliphatic carbocycles. The predicted octanol–water partition coefficient (Wildman–Crippen LogP) is 6.09. The number of rotatable bonds is 4. The largest absolute Gasteiger partial charge is 0.443 e. The summed E-state index contributed by atoms with van der Waals surface area (Å²) in [7, 11) is 0. The number of allylic oxidation sites excluding steroid dienone is 2. The molecule has 0 bridgehead atoms. The summed E-state index contributed by atoms with van der Waals surface area (Å²) in [4.78, 5) is 25.1. The molecule has 5 heteroatoms. The summed E-state index contributed by atoms with van der Waals surface area (Å²) in [6, 6.07) is 17.8. The van der Waals surface area contributed by atoms with Crippen molar-refractivity contribution in [2.75, 3.05) is 5.32 Å². The Hall–Kier alpha value is -3.34. The van der Waals surface area contributed by atoms with Gasteiger partial charge in [0, 0.05) is 41.4 Å². The minimum absolute atomic E-state index is 0.217. The number of carbonyl (C=O) groups is 2. The van der Waals surface area contributed by atoms with Crippen LogP contribution in [0.2, 0.25) is 0 Å². The molecule has 1 heterocycles. The summed E-state index contributed by atoms with van der Waals surface area (Å²) in [5, 5.41) is 4.42. The van der Waals surface area contributed by atoms with Crippen LogP contribution < -0.4 is 5.32 Å². The van der Waals surface area contributed by atoms with Crippen LogP contribution >= 0.6 is 0 Å². The first-order valence-corrected chi connectivity index (χ1v) is 10.7. The number of ketones is 1. The van der Waals surface area contributed by atoms with Gasteiger partial charge >= 0.3 is 6.09 Å². The number of nitrogens with zero attached hydrogens (tertiary/aromatic N) is 1. The molecule has 4 rings (SSSR count). The quantitative estimate of drug-likeness (QED) is 0.559. The van der Waals surface area contributed by atoms with Crippen LogP contribution in [-0.2, 0) is 16.0 Å². The molecule has 1 aromatic heterocycles. The van der Waals surface area contributed by atoms with E-state index in [1.165, 1.54) is 4.57 Å². The maximum absolute atomic E-state index is 12.7. The van der Waals surface area contributed by atoms with Crippen LogP contribution in [0.3, 0.4) is 0 Å². The SMILES string of the molecule is CC(C)(C)OC(=O)n1ccc2cc(NC3=C(Cc4ccccc4)C(=O)CCC3)ccc21. The molecule has 1 N–H and O–H groups in total. The van der Waals surface area contributed by atoms with Crippen LogP contribution in [0.4, 0.5) is 10.5 Å². The average molecular weight is 417 g/mol. The van der Waals surface area contributed by atoms with E-state index in [-0.39, 0.29) is 5.78 Å². The lowest BCUT2D eigenvalue weighted by atomic mass is 9.90. The molecule has 3 aromatic rings. The van der Waals surface area contributed by atoms with Gasteiger partial charge in [0.05, 0.1) is 5.52 Å². The number of hydrogen-bond donors (Lipinski definition) is 1. The summed E-state index contributed by atoms with van der Waals surface area (Å²) in [5.41, 5.74) is 4.14. The van der Waals surface area contributed by atoms with Crippen molar-refractivity contribution >= 4 is 28.5 Å². The van der Waals surface area contributed by atoms with Gasteiger partial charge in [-0.25, -0.2) is 4.79 Å². The van der Waals surface area contributed by atoms with E-state index in [1.807, 2.05) is 63.2 Å². The molecular formula is C26H28N2O3. The lowest BCUT2D eigenvalue weighted by Gasteiger charge is -2.21. The summed E-state index contributed by atoms with van der Waals surface area (Å²) in [6.45, 7) is 5.56. The number of nitrogens with one attached hydrogen (secondary N) is 1. The second kappa shape index (κ2) is 8.42. The highest BCUT2D eigenvalue weighted by Crippen LogP contribution is 2.28. The smallest absolute Gasteiger partial charge is 0.418 e. The van der Waals surface area contributed by atoms with Gasteiger partial charge in [0.15, 0.2) is 5.78 Å². The van der Waals surface area contributed by atoms with Crippen LogP contribution in [0, 0.1) is 0 Å². The Morgan fingerprint density at radius 1 is 1.06 bits per heavy atom. The number of carbonyl (C=O) groups excluding carboxylic acids is 2. The van der Waals surface area contributed by atoms with Gasteiger partial charge in [0.25, 0.3) is 0 Å². The zero-order valence-corrected chi connectivity index (χ0v) is 18.3. The van der Waals surface area contributed by atoms with E-state index in [0.717, 1.165) is 46.3 Å². The van der Waals surface area contributed by atoms with Crippen molar-refractivity contribution < 1.29 is 14.3 Å². The summed E-state index contributed by atoms with van der Waals surface area (Å²) < 4.78 is 7.01. The number of fused-ring (bicyclic) bond motifs is 1. The maximum atomic E-state index is 12.7. The Balaban J connectivity index is 1.60. The predicted molar refractivity (Wildman–Crippen MR) is 123 cm³/mol. The van der Waals surface area contributed by atoms with Crippen LogP contribution in [0.15, 0.2) is 72.1 Å². The van der Waals surface area contributed by atoms with E-state index in [2.05, 4.69) is 17.4 Å². The van der Waals surface area contributed by atoms with Gasteiger partial charge < -0.3 is 10.1 Å². The Kier molecular flexibility index (Phi) is 5.68. The third kappa shape index (κ3) is 4.88. The Morgan fingerprint density at radius 3 is 2.58 bits per heavy atom. The highest BCUT2D eigenvalue weighted by Gasteiger charge is 2.22. The highest BCUT2D eigenvalue weighted by molar-refractivity contribution is 5.98. The molecule has 1 aliphatic rings. The van der Waals surface area contributed by atoms with Crippen molar-refractivity contribution in [3.63, 3.8) is 0 Å². The first kappa shape index (κ1) is 20.9. The summed E-state index contributed by atoms with van der Waals surface area (Å²) >= 11 is 0. The van der Waals surface area contributed by atoms with Gasteiger partial charge in [-0.1, -0.05) is 30.3 Å². The van der Waals surface area contributed by atoms with Crippen LogP contribution in [0.25, 0.3) is 10.9 Å². The topological polar surface area (TPSA) is 60.3 Å². The lowest BCUT2D eigenvalue weighted by Crippen LogP contribution is -2.26. The zero-order chi connectivity index (χ0) is 22.0. The van der Waals surface area contributed by atoms with Gasteiger partial charge in [0.1, 0.15) is 5.60 Å². The zero-order valence-electron chi connectivity index (χ0n) is 18.3. The van der Waals surface area contributed by atoms with E-state index >= 15 is 0 Å². The van der Waals surface area contributed by atoms with Gasteiger partial charge in [0.2, 0.25) is 0 Å². The molecule has 160 valence electrons. The van der Waals surface area contributed by atoms with Gasteiger partial charge in [-0.2, -0.15) is 0 Å². The molecule has 31 heavy (non-hydrogen) atoms. The molecule has 0 atom stereocenters. The third-order valence-corrected chi connectivity index (χ3v) is 5.33. The molecule has 0 saturated heterocycles. The van der Waals surface area contributed by atoms with Gasteiger partial charge in [-0.05, 0) is 63.4 Å². The van der Waals surface area contributed by atoms with Crippen molar-refractivity contribution in [2.24, 2.45) is 0 Å². The molecule has 0 radical (unpaired) electrons. The van der Waals surface area contributed by atoms with Crippen molar-refractivity contribution in [2.45, 2.75) is 52.1 Å². The average Bonchev–Trinajstić information content (AvgIpc) is 3.14. The van der Waals surface area contributed by atoms with Crippen LogP contribution in [0.1, 0.15) is 45.6 Å². The second-order valence-electron chi connectivity index (χ2n) is 8.96. The van der Waals surface area contributed by atoms with Crippen LogP contribution in [0.5, 0.6) is 0 Å². The fraction of sp³-hybridized carbons (Fsp3) is 0.308. The third-order valence-electron chi connectivity index (χ3n) is 5.33. The van der Waals surface area contributed by atoms with Crippen molar-refractivity contribution in [3.05, 3.63) is 77.6 Å². The van der Waals surface area contributed by atoms with Crippen molar-refractivity contribution in [1.82, 2.24) is 4.57 Å². The number of benzene rings is 2. The van der Waals surface area contributed by atoms with E-state index in [9.17, 15) is 9.59 Å². The summed E-state index contributed by atoms with van der Waals surface area (Å²) in [6.07, 6.45) is 4.28. The van der Waals surface area contributed by atoms with E-state index < -0.39 is 11.7 Å². The number of hydrogen-bond acceptors (Lipinski definition) is 4. The summed E-state index contributed by atoms with van der Waals surface area (Å²) in [5.74, 6) is 0.217. The molecule has 0 saturated carbocycles. The molecule has 2 aromatic carbocycles. The highest BCUT2D eigenvalue weighted by atomic mass is 16.6. The second-order valence-corrected chi connectivity index (χ2v) is 8.96. The minimum Gasteiger partial charge on any atom is -0.443 e. The Labute approximate surface area is 182 Å². The standard InChI is InChI=1S/C26H28N2O3/c1-26(2,3)31-25(30)28-15-14-19-17-20(12-13-23(19)28)27-22-10-7-11-24(29)21(22)16-18-8-5-4-6-9-18/h4-6,8-9,12-15,17,27H,7,10-11,16H2,1-3H3.